The molecule has 0 aliphatic heterocycles. The third kappa shape index (κ3) is 0.969. The standard InChI is InChI=1S/C10H13IS/c11-9-6-1-5-2-7(4-6)10(12)8(9)3-5/h5-9H,1-4H2/t5?,6?,7?,8?,9-/m1/s1. The van der Waals surface area contributed by atoms with Crippen LogP contribution < -0.4 is 0 Å². The SMILES string of the molecule is S=C1C2CC3CC(C2)[C@@H](I)C1C3. The van der Waals surface area contributed by atoms with Crippen LogP contribution in [0.5, 0.6) is 0 Å². The minimum Gasteiger partial charge on any atom is -0.0890 e. The van der Waals surface area contributed by atoms with Crippen molar-refractivity contribution in [2.24, 2.45) is 23.7 Å². The summed E-state index contributed by atoms with van der Waals surface area (Å²) in [5.74, 6) is 3.77. The van der Waals surface area contributed by atoms with E-state index in [9.17, 15) is 0 Å². The number of halogens is 1. The lowest BCUT2D eigenvalue weighted by Crippen LogP contribution is -2.50. The molecule has 0 nitrogen and oxygen atoms in total. The van der Waals surface area contributed by atoms with E-state index in [4.69, 9.17) is 12.2 Å². The summed E-state index contributed by atoms with van der Waals surface area (Å²) in [4.78, 5) is 1.45. The van der Waals surface area contributed by atoms with Crippen LogP contribution in [0.1, 0.15) is 25.7 Å². The normalized spacial score (nSPS) is 56.4. The van der Waals surface area contributed by atoms with E-state index in [1.54, 1.807) is 0 Å². The van der Waals surface area contributed by atoms with E-state index >= 15 is 0 Å². The maximum Gasteiger partial charge on any atom is 0.0212 e. The van der Waals surface area contributed by atoms with Gasteiger partial charge in [-0.3, -0.25) is 0 Å². The number of alkyl halides is 1. The molecule has 0 spiro atoms. The molecule has 0 saturated heterocycles. The summed E-state index contributed by atoms with van der Waals surface area (Å²) < 4.78 is 0.892. The highest BCUT2D eigenvalue weighted by Gasteiger charge is 2.49. The second kappa shape index (κ2) is 2.66. The van der Waals surface area contributed by atoms with Crippen LogP contribution in [0.4, 0.5) is 0 Å². The van der Waals surface area contributed by atoms with Crippen molar-refractivity contribution in [1.82, 2.24) is 0 Å². The van der Waals surface area contributed by atoms with Crippen LogP contribution in [0.3, 0.4) is 0 Å². The van der Waals surface area contributed by atoms with Crippen LogP contribution in [0.2, 0.25) is 0 Å². The molecule has 12 heavy (non-hydrogen) atoms. The number of hydrogen-bond acceptors (Lipinski definition) is 1. The Morgan fingerprint density at radius 2 is 2.00 bits per heavy atom. The quantitative estimate of drug-likeness (QED) is 0.375. The van der Waals surface area contributed by atoms with Crippen LogP contribution in [0.15, 0.2) is 0 Å². The van der Waals surface area contributed by atoms with Gasteiger partial charge in [-0.25, -0.2) is 0 Å². The monoisotopic (exact) mass is 292 g/mol. The summed E-state index contributed by atoms with van der Waals surface area (Å²) in [7, 11) is 0. The van der Waals surface area contributed by atoms with Crippen molar-refractivity contribution in [2.75, 3.05) is 0 Å². The largest absolute Gasteiger partial charge is 0.0890 e. The highest BCUT2D eigenvalue weighted by molar-refractivity contribution is 14.1. The lowest BCUT2D eigenvalue weighted by atomic mass is 9.56. The fourth-order valence-corrected chi connectivity index (χ4v) is 5.51. The molecule has 4 bridgehead atoms. The Morgan fingerprint density at radius 1 is 1.17 bits per heavy atom. The Morgan fingerprint density at radius 3 is 2.83 bits per heavy atom. The summed E-state index contributed by atoms with van der Waals surface area (Å²) in [6, 6.07) is 0. The lowest BCUT2D eigenvalue weighted by Gasteiger charge is -2.53. The van der Waals surface area contributed by atoms with Crippen molar-refractivity contribution in [1.29, 1.82) is 0 Å². The molecule has 0 aromatic rings. The van der Waals surface area contributed by atoms with Crippen molar-refractivity contribution in [2.45, 2.75) is 29.6 Å². The first-order valence-corrected chi connectivity index (χ1v) is 6.59. The zero-order valence-corrected chi connectivity index (χ0v) is 9.98. The Kier molecular flexibility index (Phi) is 1.81. The summed E-state index contributed by atoms with van der Waals surface area (Å²) in [6.07, 6.45) is 5.82. The zero-order chi connectivity index (χ0) is 8.29. The minimum absolute atomic E-state index is 0.830. The van der Waals surface area contributed by atoms with Gasteiger partial charge in [0.15, 0.2) is 0 Å². The van der Waals surface area contributed by atoms with E-state index in [1.807, 2.05) is 0 Å². The predicted octanol–water partition coefficient (Wildman–Crippen LogP) is 3.23. The van der Waals surface area contributed by atoms with Crippen molar-refractivity contribution in [3.8, 4) is 0 Å². The second-order valence-electron chi connectivity index (χ2n) is 4.72. The first-order chi connectivity index (χ1) is 5.75. The Labute approximate surface area is 92.6 Å². The molecule has 2 heteroatoms. The number of hydrogen-bond donors (Lipinski definition) is 0. The maximum atomic E-state index is 5.55. The van der Waals surface area contributed by atoms with Crippen LogP contribution in [-0.4, -0.2) is 8.79 Å². The van der Waals surface area contributed by atoms with Crippen LogP contribution in [0, 0.1) is 23.7 Å². The van der Waals surface area contributed by atoms with Gasteiger partial charge in [-0.15, -0.1) is 0 Å². The molecular weight excluding hydrogens is 279 g/mol. The average molecular weight is 292 g/mol. The van der Waals surface area contributed by atoms with Crippen molar-refractivity contribution < 1.29 is 0 Å². The number of rotatable bonds is 0. The summed E-state index contributed by atoms with van der Waals surface area (Å²) in [6.45, 7) is 0. The van der Waals surface area contributed by atoms with Gasteiger partial charge in [-0.1, -0.05) is 34.8 Å². The molecule has 4 aliphatic rings. The summed E-state index contributed by atoms with van der Waals surface area (Å²) in [5.41, 5.74) is 0. The fraction of sp³-hybridized carbons (Fsp3) is 0.900. The van der Waals surface area contributed by atoms with Gasteiger partial charge in [-0.05, 0) is 43.4 Å². The highest BCUT2D eigenvalue weighted by atomic mass is 127. The van der Waals surface area contributed by atoms with E-state index in [2.05, 4.69) is 22.6 Å². The molecule has 66 valence electrons. The molecule has 4 aliphatic carbocycles. The van der Waals surface area contributed by atoms with Crippen LogP contribution >= 0.6 is 34.8 Å². The smallest absolute Gasteiger partial charge is 0.0212 e. The van der Waals surface area contributed by atoms with Crippen LogP contribution in [-0.2, 0) is 0 Å². The third-order valence-corrected chi connectivity index (χ3v) is 6.55. The Hall–Kier alpha value is 0.820. The van der Waals surface area contributed by atoms with Gasteiger partial charge in [0, 0.05) is 14.7 Å². The van der Waals surface area contributed by atoms with E-state index < -0.39 is 0 Å². The van der Waals surface area contributed by atoms with Crippen LogP contribution in [0.25, 0.3) is 0 Å². The maximum absolute atomic E-state index is 5.55. The molecule has 0 amide bonds. The highest BCUT2D eigenvalue weighted by Crippen LogP contribution is 2.54. The molecule has 0 N–H and O–H groups in total. The van der Waals surface area contributed by atoms with Gasteiger partial charge >= 0.3 is 0 Å². The average Bonchev–Trinajstić information content (AvgIpc) is 2.07. The summed E-state index contributed by atoms with van der Waals surface area (Å²) in [5, 5.41) is 0. The van der Waals surface area contributed by atoms with E-state index in [1.165, 1.54) is 30.5 Å². The molecule has 0 aromatic heterocycles. The Bertz CT molecular complexity index is 238. The first kappa shape index (κ1) is 8.16. The summed E-state index contributed by atoms with van der Waals surface area (Å²) >= 11 is 8.20. The molecule has 4 fully saturated rings. The minimum atomic E-state index is 0.830. The predicted molar refractivity (Wildman–Crippen MR) is 62.8 cm³/mol. The van der Waals surface area contributed by atoms with Gasteiger partial charge < -0.3 is 0 Å². The van der Waals surface area contributed by atoms with E-state index in [-0.39, 0.29) is 0 Å². The molecule has 4 rings (SSSR count). The van der Waals surface area contributed by atoms with E-state index in [0.717, 1.165) is 27.6 Å². The van der Waals surface area contributed by atoms with Gasteiger partial charge in [0.2, 0.25) is 0 Å². The van der Waals surface area contributed by atoms with Crippen molar-refractivity contribution in [3.63, 3.8) is 0 Å². The van der Waals surface area contributed by atoms with E-state index in [0.29, 0.717) is 0 Å². The zero-order valence-electron chi connectivity index (χ0n) is 7.00. The molecule has 0 radical (unpaired) electrons. The van der Waals surface area contributed by atoms with Gasteiger partial charge in [0.1, 0.15) is 0 Å². The first-order valence-electron chi connectivity index (χ1n) is 4.93. The Balaban J connectivity index is 1.98. The number of thiocarbonyl (C=S) groups is 1. The van der Waals surface area contributed by atoms with Gasteiger partial charge in [0.25, 0.3) is 0 Å². The molecular formula is C10H13IS. The van der Waals surface area contributed by atoms with Gasteiger partial charge in [-0.2, -0.15) is 0 Å². The molecule has 0 heterocycles. The third-order valence-electron chi connectivity index (χ3n) is 4.03. The lowest BCUT2D eigenvalue weighted by molar-refractivity contribution is 0.125. The molecule has 4 saturated carbocycles. The molecule has 0 aromatic carbocycles. The fourth-order valence-electron chi connectivity index (χ4n) is 3.56. The molecule has 4 unspecified atom stereocenters. The van der Waals surface area contributed by atoms with Crippen molar-refractivity contribution >= 4 is 39.7 Å². The second-order valence-corrected chi connectivity index (χ2v) is 6.63. The molecule has 5 atom stereocenters. The van der Waals surface area contributed by atoms with Crippen molar-refractivity contribution in [3.05, 3.63) is 0 Å². The van der Waals surface area contributed by atoms with Gasteiger partial charge in [0.05, 0.1) is 0 Å². The topological polar surface area (TPSA) is 0 Å².